The summed E-state index contributed by atoms with van der Waals surface area (Å²) in [5, 5.41) is 11.7. The Kier molecular flexibility index (Phi) is 6.60. The van der Waals surface area contributed by atoms with Gasteiger partial charge >= 0.3 is 0 Å². The summed E-state index contributed by atoms with van der Waals surface area (Å²) in [6.45, 7) is 0.409. The molecule has 4 aromatic carbocycles. The number of ether oxygens (including phenoxy) is 1. The van der Waals surface area contributed by atoms with Crippen LogP contribution in [0.1, 0.15) is 40.3 Å². The van der Waals surface area contributed by atoms with Crippen LogP contribution in [-0.4, -0.2) is 9.49 Å². The Bertz CT molecular complexity index is 2060. The van der Waals surface area contributed by atoms with E-state index in [0.29, 0.717) is 33.7 Å². The summed E-state index contributed by atoms with van der Waals surface area (Å²) in [5.74, 6) is 0.677. The number of nitrogens with zero attached hydrogens (tertiary/aromatic N) is 3. The first-order valence-corrected chi connectivity index (χ1v) is 14.5. The van der Waals surface area contributed by atoms with Crippen molar-refractivity contribution < 1.29 is 9.66 Å². The summed E-state index contributed by atoms with van der Waals surface area (Å²) in [4.78, 5) is 31.0. The van der Waals surface area contributed by atoms with Crippen LogP contribution in [0.2, 0.25) is 0 Å². The van der Waals surface area contributed by atoms with Gasteiger partial charge in [0, 0.05) is 23.3 Å². The molecule has 0 saturated heterocycles. The lowest BCUT2D eigenvalue weighted by Gasteiger charge is -2.30. The molecule has 0 bridgehead atoms. The Hall–Kier alpha value is -5.08. The van der Waals surface area contributed by atoms with Crippen LogP contribution in [0.5, 0.6) is 5.75 Å². The van der Waals surface area contributed by atoms with Gasteiger partial charge in [0.05, 0.1) is 21.2 Å². The van der Waals surface area contributed by atoms with Crippen LogP contribution in [0, 0.1) is 10.1 Å². The lowest BCUT2D eigenvalue weighted by molar-refractivity contribution is -0.384. The van der Waals surface area contributed by atoms with Gasteiger partial charge in [0.15, 0.2) is 4.80 Å². The Balaban J connectivity index is 1.38. The van der Waals surface area contributed by atoms with Crippen molar-refractivity contribution in [1.82, 2.24) is 4.57 Å². The third-order valence-electron chi connectivity index (χ3n) is 7.71. The molecule has 2 heterocycles. The number of hydrogen-bond acceptors (Lipinski definition) is 6. The van der Waals surface area contributed by atoms with Crippen molar-refractivity contribution in [2.24, 2.45) is 4.99 Å². The molecule has 0 N–H and O–H groups in total. The number of nitro benzene ring substituents is 1. The molecular weight excluding hydrogens is 546 g/mol. The van der Waals surface area contributed by atoms with Gasteiger partial charge in [0.1, 0.15) is 12.4 Å². The first kappa shape index (κ1) is 25.9. The van der Waals surface area contributed by atoms with Crippen LogP contribution in [0.25, 0.3) is 11.8 Å². The van der Waals surface area contributed by atoms with Crippen molar-refractivity contribution in [1.29, 1.82) is 0 Å². The minimum Gasteiger partial charge on any atom is -0.488 e. The number of benzene rings is 4. The zero-order chi connectivity index (χ0) is 28.6. The van der Waals surface area contributed by atoms with Crippen LogP contribution in [-0.2, 0) is 13.0 Å². The number of allylic oxidation sites excluding steroid dienone is 1. The molecule has 1 aliphatic heterocycles. The summed E-state index contributed by atoms with van der Waals surface area (Å²) in [7, 11) is 0. The number of nitro groups is 1. The molecule has 7 rings (SSSR count). The number of thiazole rings is 1. The van der Waals surface area contributed by atoms with Gasteiger partial charge in [-0.3, -0.25) is 19.5 Å². The van der Waals surface area contributed by atoms with Gasteiger partial charge in [-0.15, -0.1) is 0 Å². The van der Waals surface area contributed by atoms with Crippen molar-refractivity contribution >= 4 is 28.8 Å². The van der Waals surface area contributed by atoms with Gasteiger partial charge in [0.2, 0.25) is 0 Å². The summed E-state index contributed by atoms with van der Waals surface area (Å²) in [6, 6.07) is 31.9. The topological polar surface area (TPSA) is 86.7 Å². The van der Waals surface area contributed by atoms with Crippen LogP contribution in [0.4, 0.5) is 5.69 Å². The standard InChI is InChI=1S/C34H25N3O4S/c38-33-30(20-24-12-5-7-16-29(24)41-21-22-9-2-1-3-10-22)42-34-35-31-27-15-6-4-11-23(27)17-18-28(31)32(36(33)34)25-13-8-14-26(19-25)37(39)40/h1-16,19-20,32H,17-18,21H2/b30-20-/t32-/m0/s1. The molecular formula is C34H25N3O4S. The first-order chi connectivity index (χ1) is 20.6. The van der Waals surface area contributed by atoms with Crippen molar-refractivity contribution in [3.05, 3.63) is 166 Å². The van der Waals surface area contributed by atoms with Crippen LogP contribution >= 0.6 is 11.3 Å². The van der Waals surface area contributed by atoms with Crippen molar-refractivity contribution in [2.45, 2.75) is 25.5 Å². The van der Waals surface area contributed by atoms with Crippen molar-refractivity contribution in [3.63, 3.8) is 0 Å². The Morgan fingerprint density at radius 3 is 2.60 bits per heavy atom. The minimum atomic E-state index is -0.490. The van der Waals surface area contributed by atoms with Gasteiger partial charge < -0.3 is 4.74 Å². The fraction of sp³-hybridized carbons (Fsp3) is 0.118. The lowest BCUT2D eigenvalue weighted by atomic mass is 9.83. The Morgan fingerprint density at radius 2 is 1.74 bits per heavy atom. The van der Waals surface area contributed by atoms with E-state index in [1.807, 2.05) is 78.9 Å². The van der Waals surface area contributed by atoms with Crippen LogP contribution in [0.3, 0.4) is 0 Å². The molecule has 1 aromatic heterocycles. The maximum absolute atomic E-state index is 14.1. The molecule has 0 radical (unpaired) electrons. The highest BCUT2D eigenvalue weighted by Crippen LogP contribution is 2.41. The third-order valence-corrected chi connectivity index (χ3v) is 8.70. The van der Waals surface area contributed by atoms with Crippen LogP contribution in [0.15, 0.2) is 118 Å². The summed E-state index contributed by atoms with van der Waals surface area (Å²) in [5.41, 5.74) is 6.47. The van der Waals surface area contributed by atoms with Gasteiger partial charge in [-0.2, -0.15) is 0 Å². The zero-order valence-corrected chi connectivity index (χ0v) is 23.3. The van der Waals surface area contributed by atoms with Gasteiger partial charge in [-0.05, 0) is 47.2 Å². The van der Waals surface area contributed by atoms with E-state index in [2.05, 4.69) is 12.1 Å². The predicted molar refractivity (Wildman–Crippen MR) is 163 cm³/mol. The largest absolute Gasteiger partial charge is 0.488 e. The number of hydrogen-bond donors (Lipinski definition) is 0. The molecule has 8 heteroatoms. The number of aryl methyl sites for hydroxylation is 1. The lowest BCUT2D eigenvalue weighted by Crippen LogP contribution is -2.38. The zero-order valence-electron chi connectivity index (χ0n) is 22.5. The molecule has 5 aromatic rings. The molecule has 0 spiro atoms. The monoisotopic (exact) mass is 571 g/mol. The molecule has 42 heavy (non-hydrogen) atoms. The minimum absolute atomic E-state index is 0.00511. The second kappa shape index (κ2) is 10.7. The molecule has 0 fully saturated rings. The second-order valence-corrected chi connectivity index (χ2v) is 11.3. The Labute approximate surface area is 245 Å². The number of para-hydroxylation sites is 1. The smallest absolute Gasteiger partial charge is 0.271 e. The molecule has 7 nitrogen and oxygen atoms in total. The summed E-state index contributed by atoms with van der Waals surface area (Å²) >= 11 is 1.32. The highest BCUT2D eigenvalue weighted by molar-refractivity contribution is 7.07. The van der Waals surface area contributed by atoms with E-state index >= 15 is 0 Å². The Morgan fingerprint density at radius 1 is 0.952 bits per heavy atom. The van der Waals surface area contributed by atoms with E-state index in [-0.39, 0.29) is 11.2 Å². The maximum Gasteiger partial charge on any atom is 0.271 e. The van der Waals surface area contributed by atoms with E-state index in [9.17, 15) is 14.9 Å². The summed E-state index contributed by atoms with van der Waals surface area (Å²) < 4.78 is 8.37. The van der Waals surface area contributed by atoms with E-state index in [1.165, 1.54) is 23.0 Å². The van der Waals surface area contributed by atoms with Gasteiger partial charge in [-0.1, -0.05) is 96.3 Å². The number of non-ortho nitro benzene ring substituents is 1. The van der Waals surface area contributed by atoms with E-state index in [1.54, 1.807) is 16.7 Å². The van der Waals surface area contributed by atoms with E-state index < -0.39 is 11.0 Å². The van der Waals surface area contributed by atoms with Gasteiger partial charge in [-0.25, -0.2) is 4.99 Å². The molecule has 0 unspecified atom stereocenters. The average Bonchev–Trinajstić information content (AvgIpc) is 3.34. The van der Waals surface area contributed by atoms with Crippen molar-refractivity contribution in [3.8, 4) is 5.75 Å². The van der Waals surface area contributed by atoms with Crippen molar-refractivity contribution in [2.75, 3.05) is 0 Å². The highest BCUT2D eigenvalue weighted by atomic mass is 32.1. The fourth-order valence-electron chi connectivity index (χ4n) is 5.74. The molecule has 0 saturated carbocycles. The highest BCUT2D eigenvalue weighted by Gasteiger charge is 2.33. The molecule has 2 aliphatic rings. The number of rotatable bonds is 6. The SMILES string of the molecule is O=c1/c(=C/c2ccccc2OCc2ccccc2)sc2n1[C@@H](c1cccc([N+](=O)[O-])c1)C1=C(N=2)c2ccccc2CC1. The first-order valence-electron chi connectivity index (χ1n) is 13.7. The third kappa shape index (κ3) is 4.65. The molecule has 206 valence electrons. The second-order valence-electron chi connectivity index (χ2n) is 10.3. The van der Waals surface area contributed by atoms with Gasteiger partial charge in [0.25, 0.3) is 11.2 Å². The fourth-order valence-corrected chi connectivity index (χ4v) is 6.73. The van der Waals surface area contributed by atoms with Crippen LogP contribution < -0.4 is 19.6 Å². The molecule has 0 amide bonds. The number of aromatic nitrogens is 1. The quantitative estimate of drug-likeness (QED) is 0.190. The van der Waals surface area contributed by atoms with E-state index in [0.717, 1.165) is 34.4 Å². The normalized spacial score (nSPS) is 15.8. The molecule has 1 atom stereocenters. The van der Waals surface area contributed by atoms with E-state index in [4.69, 9.17) is 9.73 Å². The maximum atomic E-state index is 14.1. The number of fused-ring (bicyclic) bond motifs is 3. The molecule has 1 aliphatic carbocycles. The average molecular weight is 572 g/mol. The summed E-state index contributed by atoms with van der Waals surface area (Å²) in [6.07, 6.45) is 3.38. The predicted octanol–water partition coefficient (Wildman–Crippen LogP) is 5.81.